The maximum Gasteiger partial charge on any atom is 0.230 e. The third-order valence-electron chi connectivity index (χ3n) is 3.60. The Morgan fingerprint density at radius 2 is 2.00 bits per heavy atom. The molecule has 0 saturated carbocycles. The molecule has 0 bridgehead atoms. The Morgan fingerprint density at radius 1 is 1.17 bits per heavy atom. The summed E-state index contributed by atoms with van der Waals surface area (Å²) in [6.45, 7) is 2.47. The second-order valence-corrected chi connectivity index (χ2v) is 6.28. The Balaban J connectivity index is 0.00000144. The van der Waals surface area contributed by atoms with Gasteiger partial charge < -0.3 is 10.6 Å². The Hall–Kier alpha value is -1.27. The van der Waals surface area contributed by atoms with Crippen LogP contribution in [0.25, 0.3) is 0 Å². The van der Waals surface area contributed by atoms with E-state index >= 15 is 0 Å². The molecule has 24 heavy (non-hydrogen) atoms. The molecule has 4 nitrogen and oxygen atoms in total. The summed E-state index contributed by atoms with van der Waals surface area (Å²) in [5.41, 5.74) is 4.87. The summed E-state index contributed by atoms with van der Waals surface area (Å²) in [7, 11) is 0. The number of rotatable bonds is 6. The van der Waals surface area contributed by atoms with Gasteiger partial charge in [-0.15, -0.1) is 36.6 Å². The van der Waals surface area contributed by atoms with Gasteiger partial charge in [0.25, 0.3) is 0 Å². The number of halogens is 2. The zero-order valence-corrected chi connectivity index (χ0v) is 15.6. The van der Waals surface area contributed by atoms with Gasteiger partial charge in [0.15, 0.2) is 0 Å². The minimum absolute atomic E-state index is 0. The summed E-state index contributed by atoms with van der Waals surface area (Å²) < 4.78 is 0. The van der Waals surface area contributed by atoms with Crippen molar-refractivity contribution in [3.63, 3.8) is 0 Å². The summed E-state index contributed by atoms with van der Waals surface area (Å²) in [6.07, 6.45) is 1.78. The highest BCUT2D eigenvalue weighted by atomic mass is 35.5. The van der Waals surface area contributed by atoms with Crippen molar-refractivity contribution in [2.24, 2.45) is 0 Å². The highest BCUT2D eigenvalue weighted by molar-refractivity contribution is 7.99. The maximum absolute atomic E-state index is 11.9. The van der Waals surface area contributed by atoms with Gasteiger partial charge in [-0.25, -0.2) is 0 Å². The molecular weight excluding hydrogens is 365 g/mol. The molecule has 1 aromatic heterocycles. The Labute approximate surface area is 159 Å². The molecule has 0 atom stereocenters. The van der Waals surface area contributed by atoms with Crippen LogP contribution < -0.4 is 10.6 Å². The number of fused-ring (bicyclic) bond motifs is 1. The molecule has 130 valence electrons. The first kappa shape index (κ1) is 20.8. The molecule has 0 spiro atoms. The number of thioether (sulfide) groups is 1. The smallest absolute Gasteiger partial charge is 0.230 e. The van der Waals surface area contributed by atoms with E-state index in [0.717, 1.165) is 30.1 Å². The maximum atomic E-state index is 11.9. The van der Waals surface area contributed by atoms with Gasteiger partial charge in [-0.2, -0.15) is 0 Å². The van der Waals surface area contributed by atoms with E-state index in [2.05, 4.69) is 33.8 Å². The molecule has 2 N–H and O–H groups in total. The van der Waals surface area contributed by atoms with E-state index in [-0.39, 0.29) is 30.7 Å². The number of pyridine rings is 1. The highest BCUT2D eigenvalue weighted by Crippen LogP contribution is 2.17. The molecule has 2 heterocycles. The molecule has 1 amide bonds. The summed E-state index contributed by atoms with van der Waals surface area (Å²) in [6, 6.07) is 12.2. The lowest BCUT2D eigenvalue weighted by Gasteiger charge is -2.07. The quantitative estimate of drug-likeness (QED) is 0.801. The summed E-state index contributed by atoms with van der Waals surface area (Å²) >= 11 is 1.59. The number of hydrogen-bond acceptors (Lipinski definition) is 4. The lowest BCUT2D eigenvalue weighted by Crippen LogP contribution is -2.24. The van der Waals surface area contributed by atoms with E-state index in [1.165, 1.54) is 11.1 Å². The van der Waals surface area contributed by atoms with Crippen molar-refractivity contribution in [2.45, 2.75) is 25.4 Å². The SMILES string of the molecule is Cl.Cl.O=C(CSCc1ccccn1)NCc1ccc2c(c1)CNC2. The predicted molar refractivity (Wildman–Crippen MR) is 104 cm³/mol. The minimum atomic E-state index is 0. The van der Waals surface area contributed by atoms with Crippen LogP contribution in [0.15, 0.2) is 42.6 Å². The normalized spacial score (nSPS) is 11.8. The van der Waals surface area contributed by atoms with Crippen LogP contribution in [0.3, 0.4) is 0 Å². The molecule has 3 rings (SSSR count). The van der Waals surface area contributed by atoms with E-state index in [9.17, 15) is 4.79 Å². The van der Waals surface area contributed by atoms with E-state index in [0.29, 0.717) is 12.3 Å². The molecule has 0 aliphatic carbocycles. The third-order valence-corrected chi connectivity index (χ3v) is 4.57. The first-order chi connectivity index (χ1) is 10.8. The van der Waals surface area contributed by atoms with Gasteiger partial charge in [-0.1, -0.05) is 24.3 Å². The van der Waals surface area contributed by atoms with Crippen molar-refractivity contribution >= 4 is 42.5 Å². The van der Waals surface area contributed by atoms with Crippen LogP contribution in [0.4, 0.5) is 0 Å². The van der Waals surface area contributed by atoms with Crippen LogP contribution in [-0.4, -0.2) is 16.6 Å². The molecule has 0 saturated heterocycles. The van der Waals surface area contributed by atoms with Gasteiger partial charge >= 0.3 is 0 Å². The number of amides is 1. The van der Waals surface area contributed by atoms with Gasteiger partial charge in [-0.3, -0.25) is 9.78 Å². The second-order valence-electron chi connectivity index (χ2n) is 5.30. The van der Waals surface area contributed by atoms with Crippen molar-refractivity contribution < 1.29 is 4.79 Å². The molecule has 0 fully saturated rings. The zero-order valence-electron chi connectivity index (χ0n) is 13.2. The van der Waals surface area contributed by atoms with Gasteiger partial charge in [0.05, 0.1) is 11.4 Å². The summed E-state index contributed by atoms with van der Waals surface area (Å²) in [4.78, 5) is 16.1. The van der Waals surface area contributed by atoms with Crippen molar-refractivity contribution in [1.29, 1.82) is 0 Å². The summed E-state index contributed by atoms with van der Waals surface area (Å²) in [5.74, 6) is 1.29. The Bertz CT molecular complexity index is 656. The minimum Gasteiger partial charge on any atom is -0.351 e. The Kier molecular flexibility index (Phi) is 9.14. The van der Waals surface area contributed by atoms with Gasteiger partial charge in [0.2, 0.25) is 5.91 Å². The van der Waals surface area contributed by atoms with Gasteiger partial charge in [-0.05, 0) is 28.8 Å². The highest BCUT2D eigenvalue weighted by Gasteiger charge is 2.10. The molecule has 2 aromatic rings. The average molecular weight is 386 g/mol. The number of carbonyl (C=O) groups excluding carboxylic acids is 1. The molecule has 1 aliphatic rings. The standard InChI is InChI=1S/C17H19N3OS.2ClH/c21-17(12-22-11-16-3-1-2-6-19-16)20-8-13-4-5-14-9-18-10-15(14)7-13;;/h1-7,18H,8-12H2,(H,20,21);2*1H. The molecule has 0 unspecified atom stereocenters. The predicted octanol–water partition coefficient (Wildman–Crippen LogP) is 3.08. The van der Waals surface area contributed by atoms with E-state index in [4.69, 9.17) is 0 Å². The van der Waals surface area contributed by atoms with Gasteiger partial charge in [0, 0.05) is 31.6 Å². The summed E-state index contributed by atoms with van der Waals surface area (Å²) in [5, 5.41) is 6.30. The van der Waals surface area contributed by atoms with Gasteiger partial charge in [0.1, 0.15) is 0 Å². The first-order valence-electron chi connectivity index (χ1n) is 7.37. The van der Waals surface area contributed by atoms with Crippen LogP contribution in [0.2, 0.25) is 0 Å². The van der Waals surface area contributed by atoms with Crippen LogP contribution in [0.1, 0.15) is 22.4 Å². The lowest BCUT2D eigenvalue weighted by atomic mass is 10.1. The fraction of sp³-hybridized carbons (Fsp3) is 0.294. The monoisotopic (exact) mass is 385 g/mol. The number of hydrogen-bond donors (Lipinski definition) is 2. The van der Waals surface area contributed by atoms with Crippen LogP contribution in [0.5, 0.6) is 0 Å². The molecule has 1 aromatic carbocycles. The van der Waals surface area contributed by atoms with Crippen molar-refractivity contribution in [1.82, 2.24) is 15.6 Å². The Morgan fingerprint density at radius 3 is 2.79 bits per heavy atom. The van der Waals surface area contributed by atoms with E-state index < -0.39 is 0 Å². The second kappa shape index (κ2) is 10.6. The molecular formula is C17H21Cl2N3OS. The third kappa shape index (κ3) is 5.98. The number of benzene rings is 1. The number of aromatic nitrogens is 1. The van der Waals surface area contributed by atoms with Crippen LogP contribution in [0, 0.1) is 0 Å². The van der Waals surface area contributed by atoms with Crippen LogP contribution in [-0.2, 0) is 30.2 Å². The van der Waals surface area contributed by atoms with E-state index in [1.807, 2.05) is 18.2 Å². The van der Waals surface area contributed by atoms with Crippen molar-refractivity contribution in [2.75, 3.05) is 5.75 Å². The topological polar surface area (TPSA) is 54.0 Å². The fourth-order valence-corrected chi connectivity index (χ4v) is 3.21. The first-order valence-corrected chi connectivity index (χ1v) is 8.52. The largest absolute Gasteiger partial charge is 0.351 e. The van der Waals surface area contributed by atoms with Crippen LogP contribution >= 0.6 is 36.6 Å². The number of carbonyl (C=O) groups is 1. The number of nitrogens with zero attached hydrogens (tertiary/aromatic N) is 1. The molecule has 1 aliphatic heterocycles. The van der Waals surface area contributed by atoms with Crippen molar-refractivity contribution in [3.05, 3.63) is 65.0 Å². The van der Waals surface area contributed by atoms with Crippen molar-refractivity contribution in [3.8, 4) is 0 Å². The fourth-order valence-electron chi connectivity index (χ4n) is 2.44. The average Bonchev–Trinajstić information content (AvgIpc) is 3.01. The lowest BCUT2D eigenvalue weighted by molar-refractivity contribution is -0.118. The molecule has 7 heteroatoms. The van der Waals surface area contributed by atoms with E-state index in [1.54, 1.807) is 18.0 Å². The zero-order chi connectivity index (χ0) is 15.2. The number of nitrogens with one attached hydrogen (secondary N) is 2. The molecule has 0 radical (unpaired) electrons.